The summed E-state index contributed by atoms with van der Waals surface area (Å²) in [6.45, 7) is 11.3. The second-order valence-corrected chi connectivity index (χ2v) is 8.26. The molecule has 8 heteroatoms. The van der Waals surface area contributed by atoms with Gasteiger partial charge in [-0.1, -0.05) is 39.3 Å². The number of carbonyl (C=O) groups excluding carboxylic acids is 1. The van der Waals surface area contributed by atoms with Gasteiger partial charge in [0.05, 0.1) is 19.8 Å². The van der Waals surface area contributed by atoms with E-state index in [9.17, 15) is 14.7 Å². The first-order chi connectivity index (χ1) is 15.9. The number of aliphatic carboxylic acids is 1. The monoisotopic (exact) mass is 467 g/mol. The highest BCUT2D eigenvalue weighted by molar-refractivity contribution is 5.72. The molecule has 0 aliphatic rings. The van der Waals surface area contributed by atoms with Gasteiger partial charge in [0.2, 0.25) is 0 Å². The minimum atomic E-state index is -0.968. The zero-order valence-electron chi connectivity index (χ0n) is 20.6. The van der Waals surface area contributed by atoms with Crippen molar-refractivity contribution in [3.05, 3.63) is 29.8 Å². The predicted octanol–water partition coefficient (Wildman–Crippen LogP) is 4.40. The summed E-state index contributed by atoms with van der Waals surface area (Å²) in [5.41, 5.74) is 0.866. The van der Waals surface area contributed by atoms with E-state index in [-0.39, 0.29) is 12.0 Å². The molecule has 0 saturated heterocycles. The van der Waals surface area contributed by atoms with E-state index in [1.165, 1.54) is 0 Å². The lowest BCUT2D eigenvalue weighted by Crippen LogP contribution is -2.36. The Kier molecular flexibility index (Phi) is 15.0. The van der Waals surface area contributed by atoms with Crippen molar-refractivity contribution in [2.24, 2.45) is 5.92 Å². The van der Waals surface area contributed by atoms with E-state index in [1.807, 2.05) is 38.1 Å². The van der Waals surface area contributed by atoms with Crippen LogP contribution in [0.1, 0.15) is 52.5 Å². The van der Waals surface area contributed by atoms with Gasteiger partial charge < -0.3 is 29.0 Å². The zero-order valence-corrected chi connectivity index (χ0v) is 20.6. The molecule has 0 aromatic heterocycles. The van der Waals surface area contributed by atoms with Crippen LogP contribution in [0.3, 0.4) is 0 Å². The van der Waals surface area contributed by atoms with Crippen LogP contribution in [0.25, 0.3) is 0 Å². The number of carbonyl (C=O) groups is 2. The molecule has 1 atom stereocenters. The van der Waals surface area contributed by atoms with Gasteiger partial charge in [0.25, 0.3) is 0 Å². The number of carboxylic acids is 1. The van der Waals surface area contributed by atoms with Crippen LogP contribution in [-0.4, -0.2) is 74.3 Å². The molecule has 0 bridgehead atoms. The highest BCUT2D eigenvalue weighted by Gasteiger charge is 2.18. The fourth-order valence-electron chi connectivity index (χ4n) is 2.95. The quantitative estimate of drug-likeness (QED) is 0.320. The summed E-state index contributed by atoms with van der Waals surface area (Å²) in [7, 11) is 0. The number of hydrogen-bond donors (Lipinski definition) is 1. The zero-order chi connectivity index (χ0) is 24.5. The summed E-state index contributed by atoms with van der Waals surface area (Å²) >= 11 is 0. The first kappa shape index (κ1) is 28.7. The van der Waals surface area contributed by atoms with Gasteiger partial charge in [0, 0.05) is 32.7 Å². The molecule has 0 spiro atoms. The third kappa shape index (κ3) is 13.1. The number of nitrogens with zero attached hydrogens (tertiary/aromatic N) is 1. The number of ether oxygens (including phenoxy) is 4. The Labute approximate surface area is 198 Å². The maximum atomic E-state index is 12.4. The summed E-state index contributed by atoms with van der Waals surface area (Å²) in [6.07, 6.45) is 1.86. The van der Waals surface area contributed by atoms with Gasteiger partial charge in [-0.25, -0.2) is 9.59 Å². The maximum Gasteiger partial charge on any atom is 0.409 e. The molecule has 0 heterocycles. The Morgan fingerprint density at radius 2 is 1.73 bits per heavy atom. The molecule has 8 nitrogen and oxygen atoms in total. The SMILES string of the molecule is CCCCOCCN(CCCOc1ccc(CC(OCC)C(=O)O)cc1)C(=O)OCC(C)C. The Morgan fingerprint density at radius 1 is 1.00 bits per heavy atom. The van der Waals surface area contributed by atoms with Crippen molar-refractivity contribution in [1.29, 1.82) is 0 Å². The van der Waals surface area contributed by atoms with E-state index >= 15 is 0 Å². The summed E-state index contributed by atoms with van der Waals surface area (Å²) in [5.74, 6) is 0.00510. The normalized spacial score (nSPS) is 11.9. The van der Waals surface area contributed by atoms with Gasteiger partial charge in [-0.15, -0.1) is 0 Å². The van der Waals surface area contributed by atoms with Crippen molar-refractivity contribution in [1.82, 2.24) is 4.90 Å². The third-order valence-electron chi connectivity index (χ3n) is 4.77. The Balaban J connectivity index is 2.46. The molecule has 0 aliphatic heterocycles. The molecule has 1 unspecified atom stereocenters. The average molecular weight is 468 g/mol. The average Bonchev–Trinajstić information content (AvgIpc) is 2.79. The van der Waals surface area contributed by atoms with Crippen LogP contribution >= 0.6 is 0 Å². The lowest BCUT2D eigenvalue weighted by Gasteiger charge is -2.22. The van der Waals surface area contributed by atoms with Crippen LogP contribution in [0.15, 0.2) is 24.3 Å². The topological polar surface area (TPSA) is 94.5 Å². The lowest BCUT2D eigenvalue weighted by atomic mass is 10.1. The van der Waals surface area contributed by atoms with Gasteiger partial charge in [0.1, 0.15) is 5.75 Å². The van der Waals surface area contributed by atoms with E-state index in [0.717, 1.165) is 18.4 Å². The molecule has 33 heavy (non-hydrogen) atoms. The fourth-order valence-corrected chi connectivity index (χ4v) is 2.95. The van der Waals surface area contributed by atoms with Crippen molar-refractivity contribution in [2.45, 2.75) is 59.5 Å². The third-order valence-corrected chi connectivity index (χ3v) is 4.77. The molecule has 1 N–H and O–H groups in total. The van der Waals surface area contributed by atoms with Crippen molar-refractivity contribution in [2.75, 3.05) is 46.1 Å². The summed E-state index contributed by atoms with van der Waals surface area (Å²) < 4.78 is 22.0. The van der Waals surface area contributed by atoms with Crippen LogP contribution < -0.4 is 4.74 Å². The van der Waals surface area contributed by atoms with E-state index in [1.54, 1.807) is 11.8 Å². The number of carboxylic acid groups (broad SMARTS) is 1. The molecule has 1 rings (SSSR count). The maximum absolute atomic E-state index is 12.4. The van der Waals surface area contributed by atoms with Gasteiger partial charge in [-0.05, 0) is 43.4 Å². The molecule has 1 aromatic carbocycles. The van der Waals surface area contributed by atoms with Crippen molar-refractivity contribution >= 4 is 12.1 Å². The number of rotatable bonds is 18. The molecule has 188 valence electrons. The molecule has 0 radical (unpaired) electrons. The van der Waals surface area contributed by atoms with Crippen molar-refractivity contribution in [3.63, 3.8) is 0 Å². The molecule has 0 aliphatic carbocycles. The fraction of sp³-hybridized carbons (Fsp3) is 0.680. The first-order valence-electron chi connectivity index (χ1n) is 11.9. The van der Waals surface area contributed by atoms with Gasteiger partial charge in [-0.2, -0.15) is 0 Å². The molecular weight excluding hydrogens is 426 g/mol. The van der Waals surface area contributed by atoms with Gasteiger partial charge in [0.15, 0.2) is 6.10 Å². The van der Waals surface area contributed by atoms with Gasteiger partial charge in [-0.3, -0.25) is 0 Å². The molecule has 1 aromatic rings. The van der Waals surface area contributed by atoms with E-state index in [2.05, 4.69) is 6.92 Å². The van der Waals surface area contributed by atoms with E-state index < -0.39 is 12.1 Å². The van der Waals surface area contributed by atoms with E-state index in [0.29, 0.717) is 64.7 Å². The number of benzene rings is 1. The van der Waals surface area contributed by atoms with Crippen LogP contribution in [0.2, 0.25) is 0 Å². The summed E-state index contributed by atoms with van der Waals surface area (Å²) in [4.78, 5) is 25.3. The first-order valence-corrected chi connectivity index (χ1v) is 11.9. The lowest BCUT2D eigenvalue weighted by molar-refractivity contribution is -0.149. The van der Waals surface area contributed by atoms with Crippen LogP contribution in [0, 0.1) is 5.92 Å². The second-order valence-electron chi connectivity index (χ2n) is 8.26. The minimum absolute atomic E-state index is 0.280. The summed E-state index contributed by atoms with van der Waals surface area (Å²) in [5, 5.41) is 9.21. The predicted molar refractivity (Wildman–Crippen MR) is 127 cm³/mol. The molecule has 0 saturated carbocycles. The highest BCUT2D eigenvalue weighted by atomic mass is 16.6. The molecular formula is C25H41NO7. The summed E-state index contributed by atoms with van der Waals surface area (Å²) in [6, 6.07) is 7.31. The van der Waals surface area contributed by atoms with Crippen molar-refractivity contribution in [3.8, 4) is 5.75 Å². The van der Waals surface area contributed by atoms with Crippen molar-refractivity contribution < 1.29 is 33.6 Å². The smallest absolute Gasteiger partial charge is 0.409 e. The van der Waals surface area contributed by atoms with Crippen LogP contribution in [-0.2, 0) is 25.4 Å². The largest absolute Gasteiger partial charge is 0.494 e. The van der Waals surface area contributed by atoms with Crippen LogP contribution in [0.4, 0.5) is 4.79 Å². The van der Waals surface area contributed by atoms with E-state index in [4.69, 9.17) is 18.9 Å². The number of unbranched alkanes of at least 4 members (excludes halogenated alkanes) is 1. The highest BCUT2D eigenvalue weighted by Crippen LogP contribution is 2.15. The standard InChI is InChI=1S/C25H41NO7/c1-5-7-15-30-17-14-26(25(29)33-19-20(3)4)13-8-16-32-22-11-9-21(10-12-22)18-23(24(27)28)31-6-2/h9-12,20,23H,5-8,13-19H2,1-4H3,(H,27,28). The second kappa shape index (κ2) is 17.2. The van der Waals surface area contributed by atoms with Crippen LogP contribution in [0.5, 0.6) is 5.75 Å². The minimum Gasteiger partial charge on any atom is -0.494 e. The number of amides is 1. The van der Waals surface area contributed by atoms with Gasteiger partial charge >= 0.3 is 12.1 Å². The molecule has 1 amide bonds. The number of hydrogen-bond acceptors (Lipinski definition) is 6. The Bertz CT molecular complexity index is 663. The Morgan fingerprint density at radius 3 is 2.33 bits per heavy atom. The Hall–Kier alpha value is -2.32. The molecule has 0 fully saturated rings.